The Kier molecular flexibility index (Phi) is 3.31. The number of carbonyl (C=O) groups is 1. The molecule has 0 radical (unpaired) electrons. The van der Waals surface area contributed by atoms with Crippen LogP contribution in [0.4, 0.5) is 5.69 Å². The average molecular weight is 316 g/mol. The van der Waals surface area contributed by atoms with Gasteiger partial charge in [-0.3, -0.25) is 9.78 Å². The number of benzene rings is 1. The number of anilines is 1. The zero-order valence-corrected chi connectivity index (χ0v) is 13.0. The zero-order chi connectivity index (χ0) is 16.6. The Morgan fingerprint density at radius 3 is 2.79 bits per heavy atom. The van der Waals surface area contributed by atoms with Gasteiger partial charge in [0.15, 0.2) is 0 Å². The molecule has 1 fully saturated rings. The number of rotatable bonds is 4. The van der Waals surface area contributed by atoms with Gasteiger partial charge in [-0.15, -0.1) is 0 Å². The van der Waals surface area contributed by atoms with Gasteiger partial charge in [0.05, 0.1) is 22.7 Å². The lowest BCUT2D eigenvalue weighted by molar-refractivity contribution is -0.116. The molecule has 1 aromatic carbocycles. The molecule has 2 aromatic heterocycles. The van der Waals surface area contributed by atoms with Crippen LogP contribution in [0, 0.1) is 16.7 Å². The van der Waals surface area contributed by atoms with Gasteiger partial charge < -0.3 is 10.3 Å². The maximum Gasteiger partial charge on any atom is 0.226 e. The van der Waals surface area contributed by atoms with Gasteiger partial charge in [0.2, 0.25) is 5.91 Å². The van der Waals surface area contributed by atoms with Crippen LogP contribution >= 0.6 is 0 Å². The Morgan fingerprint density at radius 2 is 2.08 bits per heavy atom. The summed E-state index contributed by atoms with van der Waals surface area (Å²) in [6.45, 7) is 0. The quantitative estimate of drug-likeness (QED) is 0.766. The van der Waals surface area contributed by atoms with E-state index in [2.05, 4.69) is 21.4 Å². The van der Waals surface area contributed by atoms with Crippen molar-refractivity contribution in [2.24, 2.45) is 5.41 Å². The third-order valence-electron chi connectivity index (χ3n) is 4.57. The lowest BCUT2D eigenvalue weighted by Gasteiger charge is -2.09. The first kappa shape index (κ1) is 14.5. The first-order valence-electron chi connectivity index (χ1n) is 7.92. The largest absolute Gasteiger partial charge is 0.359 e. The molecule has 2 heterocycles. The van der Waals surface area contributed by atoms with Crippen LogP contribution < -0.4 is 5.32 Å². The topological polar surface area (TPSA) is 81.6 Å². The molecular weight excluding hydrogens is 300 g/mol. The van der Waals surface area contributed by atoms with Crippen LogP contribution in [-0.4, -0.2) is 15.9 Å². The summed E-state index contributed by atoms with van der Waals surface area (Å²) in [7, 11) is 0. The molecule has 1 aliphatic rings. The Labute approximate surface area is 139 Å². The number of nitriles is 1. The van der Waals surface area contributed by atoms with E-state index in [1.54, 1.807) is 12.4 Å². The zero-order valence-electron chi connectivity index (χ0n) is 13.0. The Morgan fingerprint density at radius 1 is 1.29 bits per heavy atom. The van der Waals surface area contributed by atoms with Crippen LogP contribution in [0.2, 0.25) is 0 Å². The van der Waals surface area contributed by atoms with Crippen molar-refractivity contribution in [1.82, 2.24) is 9.97 Å². The third kappa shape index (κ3) is 2.52. The maximum atomic E-state index is 12.3. The van der Waals surface area contributed by atoms with E-state index < -0.39 is 5.41 Å². The number of fused-ring (bicyclic) bond motifs is 1. The van der Waals surface area contributed by atoms with E-state index >= 15 is 0 Å². The van der Waals surface area contributed by atoms with Crippen molar-refractivity contribution in [3.8, 4) is 17.2 Å². The number of H-pyrrole nitrogens is 1. The number of amides is 1. The van der Waals surface area contributed by atoms with Crippen molar-refractivity contribution in [2.75, 3.05) is 5.32 Å². The molecule has 5 heteroatoms. The normalized spacial score (nSPS) is 15.0. The summed E-state index contributed by atoms with van der Waals surface area (Å²) in [4.78, 5) is 19.6. The lowest BCUT2D eigenvalue weighted by Crippen LogP contribution is -2.16. The Balaban J connectivity index is 1.64. The van der Waals surface area contributed by atoms with Gasteiger partial charge in [-0.2, -0.15) is 5.26 Å². The SMILES string of the molecule is N#CC1(CC(=O)Nc2cccc3c(-c4ccncc4)c[nH]c23)CC1. The van der Waals surface area contributed by atoms with Crippen LogP contribution in [0.15, 0.2) is 48.9 Å². The van der Waals surface area contributed by atoms with Gasteiger partial charge in [0, 0.05) is 36.0 Å². The standard InChI is InChI=1S/C19H16N4O/c20-12-19(6-7-19)10-17(24)23-16-3-1-2-14-15(11-22-18(14)16)13-4-8-21-9-5-13/h1-5,8-9,11,22H,6-7,10H2,(H,23,24). The van der Waals surface area contributed by atoms with Crippen LogP contribution in [0.3, 0.4) is 0 Å². The molecule has 0 saturated heterocycles. The minimum atomic E-state index is -0.435. The average Bonchev–Trinajstić information content (AvgIpc) is 3.24. The fourth-order valence-electron chi connectivity index (χ4n) is 3.01. The predicted molar refractivity (Wildman–Crippen MR) is 92.1 cm³/mol. The van der Waals surface area contributed by atoms with Gasteiger partial charge >= 0.3 is 0 Å². The van der Waals surface area contributed by atoms with Gasteiger partial charge in [-0.25, -0.2) is 0 Å². The molecule has 1 saturated carbocycles. The van der Waals surface area contributed by atoms with E-state index in [9.17, 15) is 4.79 Å². The molecule has 0 unspecified atom stereocenters. The van der Waals surface area contributed by atoms with Crippen molar-refractivity contribution >= 4 is 22.5 Å². The fraction of sp³-hybridized carbons (Fsp3) is 0.211. The van der Waals surface area contributed by atoms with E-state index in [4.69, 9.17) is 5.26 Å². The molecule has 5 nitrogen and oxygen atoms in total. The monoisotopic (exact) mass is 316 g/mol. The van der Waals surface area contributed by atoms with E-state index in [-0.39, 0.29) is 12.3 Å². The second kappa shape index (κ2) is 5.50. The second-order valence-electron chi connectivity index (χ2n) is 6.28. The van der Waals surface area contributed by atoms with E-state index in [1.807, 2.05) is 36.5 Å². The van der Waals surface area contributed by atoms with Crippen molar-refractivity contribution in [3.63, 3.8) is 0 Å². The first-order chi connectivity index (χ1) is 11.7. The van der Waals surface area contributed by atoms with Crippen molar-refractivity contribution < 1.29 is 4.79 Å². The van der Waals surface area contributed by atoms with Crippen molar-refractivity contribution in [3.05, 3.63) is 48.9 Å². The molecule has 4 rings (SSSR count). The molecule has 1 amide bonds. The number of para-hydroxylation sites is 1. The van der Waals surface area contributed by atoms with E-state index in [0.29, 0.717) is 0 Å². The number of nitrogens with zero attached hydrogens (tertiary/aromatic N) is 2. The smallest absolute Gasteiger partial charge is 0.226 e. The Bertz CT molecular complexity index is 948. The molecule has 118 valence electrons. The van der Waals surface area contributed by atoms with E-state index in [0.717, 1.165) is 40.6 Å². The predicted octanol–water partition coefficient (Wildman–Crippen LogP) is 3.86. The second-order valence-corrected chi connectivity index (χ2v) is 6.28. The third-order valence-corrected chi connectivity index (χ3v) is 4.57. The van der Waals surface area contributed by atoms with Crippen LogP contribution in [0.25, 0.3) is 22.0 Å². The lowest BCUT2D eigenvalue weighted by atomic mass is 10.0. The van der Waals surface area contributed by atoms with Crippen molar-refractivity contribution in [2.45, 2.75) is 19.3 Å². The molecule has 24 heavy (non-hydrogen) atoms. The number of nitrogens with one attached hydrogen (secondary N) is 2. The van der Waals surface area contributed by atoms with Gasteiger partial charge in [0.1, 0.15) is 0 Å². The molecular formula is C19H16N4O. The van der Waals surface area contributed by atoms with Crippen LogP contribution in [-0.2, 0) is 4.79 Å². The summed E-state index contributed by atoms with van der Waals surface area (Å²) in [6, 6.07) is 12.0. The van der Waals surface area contributed by atoms with Crippen molar-refractivity contribution in [1.29, 1.82) is 5.26 Å². The van der Waals surface area contributed by atoms with Gasteiger partial charge in [0.25, 0.3) is 0 Å². The number of pyridine rings is 1. The first-order valence-corrected chi connectivity index (χ1v) is 7.92. The minimum absolute atomic E-state index is 0.110. The molecule has 3 aromatic rings. The molecule has 0 bridgehead atoms. The number of hydrogen-bond acceptors (Lipinski definition) is 3. The minimum Gasteiger partial charge on any atom is -0.359 e. The molecule has 0 aliphatic heterocycles. The molecule has 2 N–H and O–H groups in total. The van der Waals surface area contributed by atoms with Crippen LogP contribution in [0.5, 0.6) is 0 Å². The molecule has 0 spiro atoms. The maximum absolute atomic E-state index is 12.3. The summed E-state index contributed by atoms with van der Waals surface area (Å²) in [5.74, 6) is -0.110. The highest BCUT2D eigenvalue weighted by Crippen LogP contribution is 2.48. The van der Waals surface area contributed by atoms with Crippen LogP contribution in [0.1, 0.15) is 19.3 Å². The highest BCUT2D eigenvalue weighted by Gasteiger charge is 2.44. The number of aromatic amines is 1. The highest BCUT2D eigenvalue weighted by molar-refractivity contribution is 6.06. The highest BCUT2D eigenvalue weighted by atomic mass is 16.1. The molecule has 0 atom stereocenters. The summed E-state index contributed by atoms with van der Waals surface area (Å²) in [5.41, 5.74) is 3.34. The summed E-state index contributed by atoms with van der Waals surface area (Å²) in [6.07, 6.45) is 7.35. The van der Waals surface area contributed by atoms with Gasteiger partial charge in [-0.05, 0) is 36.6 Å². The molecule has 1 aliphatic carbocycles. The van der Waals surface area contributed by atoms with E-state index in [1.165, 1.54) is 0 Å². The number of hydrogen-bond donors (Lipinski definition) is 2. The number of carbonyl (C=O) groups excluding carboxylic acids is 1. The summed E-state index contributed by atoms with van der Waals surface area (Å²) in [5, 5.41) is 13.1. The van der Waals surface area contributed by atoms with Gasteiger partial charge in [-0.1, -0.05) is 12.1 Å². The Hall–Kier alpha value is -3.13. The summed E-state index contributed by atoms with van der Waals surface area (Å²) < 4.78 is 0. The number of aromatic nitrogens is 2. The fourth-order valence-corrected chi connectivity index (χ4v) is 3.01. The summed E-state index contributed by atoms with van der Waals surface area (Å²) >= 11 is 0.